The van der Waals surface area contributed by atoms with Crippen LogP contribution in [0.3, 0.4) is 0 Å². The molecule has 1 aliphatic heterocycles. The summed E-state index contributed by atoms with van der Waals surface area (Å²) in [6, 6.07) is 34.9. The number of fused-ring (bicyclic) bond motifs is 1. The van der Waals surface area contributed by atoms with Gasteiger partial charge in [0.2, 0.25) is 0 Å². The number of benzene rings is 4. The fraction of sp³-hybridized carbons (Fsp3) is 0.0968. The summed E-state index contributed by atoms with van der Waals surface area (Å²) < 4.78 is 0. The van der Waals surface area contributed by atoms with E-state index >= 15 is 0 Å². The Labute approximate surface area is 205 Å². The number of aryl methyl sites for hydroxylation is 1. The summed E-state index contributed by atoms with van der Waals surface area (Å²) in [4.78, 5) is 18.6. The number of allylic oxidation sites excluding steroid dienone is 1. The predicted molar refractivity (Wildman–Crippen MR) is 143 cm³/mol. The third kappa shape index (κ3) is 5.11. The number of ketones is 1. The normalized spacial score (nSPS) is 15.4. The molecule has 1 atom stereocenters. The molecule has 5 rings (SSSR count). The van der Waals surface area contributed by atoms with E-state index in [0.717, 1.165) is 23.4 Å². The maximum Gasteiger partial charge on any atom is 0.185 e. The van der Waals surface area contributed by atoms with E-state index in [2.05, 4.69) is 73.7 Å². The molecule has 0 fully saturated rings. The molecular weight excluding hydrogens is 434 g/mol. The second kappa shape index (κ2) is 10.1. The van der Waals surface area contributed by atoms with Crippen LogP contribution >= 0.6 is 11.8 Å². The number of para-hydroxylation sites is 1. The van der Waals surface area contributed by atoms with E-state index in [9.17, 15) is 4.79 Å². The Bertz CT molecular complexity index is 1350. The van der Waals surface area contributed by atoms with Crippen molar-refractivity contribution >= 4 is 35.0 Å². The van der Waals surface area contributed by atoms with Crippen LogP contribution in [0.1, 0.15) is 44.3 Å². The van der Waals surface area contributed by atoms with Gasteiger partial charge in [0, 0.05) is 27.8 Å². The average molecular weight is 460 g/mol. The van der Waals surface area contributed by atoms with E-state index in [0.29, 0.717) is 5.56 Å². The second-order valence-electron chi connectivity index (χ2n) is 8.43. The Morgan fingerprint density at radius 3 is 2.32 bits per heavy atom. The van der Waals surface area contributed by atoms with Crippen LogP contribution in [0, 0.1) is 6.92 Å². The molecule has 0 saturated carbocycles. The highest BCUT2D eigenvalue weighted by molar-refractivity contribution is 7.99. The highest BCUT2D eigenvalue weighted by Crippen LogP contribution is 2.45. The molecule has 166 valence electrons. The number of rotatable bonds is 5. The van der Waals surface area contributed by atoms with Crippen LogP contribution in [0.2, 0.25) is 0 Å². The SMILES string of the molecule is Cc1ccc(C2=Nc3ccccc3SC(c3ccc(/C=C/C(=O)c4ccccc4)cc3)C2)cc1. The Kier molecular flexibility index (Phi) is 6.55. The molecule has 1 heterocycles. The standard InChI is InChI=1S/C31H25NOS/c1-22-11-16-24(17-12-22)28-21-31(34-30-10-6-5-9-27(30)32-28)26-18-13-23(14-19-26)15-20-29(33)25-7-3-2-4-8-25/h2-20,31H,21H2,1H3/b20-15+. The number of hydrogen-bond acceptors (Lipinski definition) is 3. The molecule has 0 radical (unpaired) electrons. The van der Waals surface area contributed by atoms with Gasteiger partial charge in [-0.1, -0.05) is 103 Å². The minimum atomic E-state index is 0.0135. The van der Waals surface area contributed by atoms with Crippen LogP contribution < -0.4 is 0 Å². The molecule has 4 aromatic carbocycles. The van der Waals surface area contributed by atoms with Gasteiger partial charge in [0.1, 0.15) is 0 Å². The predicted octanol–water partition coefficient (Wildman–Crippen LogP) is 8.25. The third-order valence-corrected chi connectivity index (χ3v) is 7.27. The Balaban J connectivity index is 1.39. The van der Waals surface area contributed by atoms with Gasteiger partial charge in [0.15, 0.2) is 5.78 Å². The van der Waals surface area contributed by atoms with Crippen molar-refractivity contribution in [2.24, 2.45) is 4.99 Å². The fourth-order valence-electron chi connectivity index (χ4n) is 4.02. The molecule has 0 amide bonds. The summed E-state index contributed by atoms with van der Waals surface area (Å²) in [6.07, 6.45) is 4.38. The molecule has 0 saturated heterocycles. The van der Waals surface area contributed by atoms with Gasteiger partial charge >= 0.3 is 0 Å². The topological polar surface area (TPSA) is 29.4 Å². The molecule has 1 aliphatic rings. The van der Waals surface area contributed by atoms with E-state index in [4.69, 9.17) is 4.99 Å². The molecule has 2 nitrogen and oxygen atoms in total. The molecule has 34 heavy (non-hydrogen) atoms. The monoisotopic (exact) mass is 459 g/mol. The Morgan fingerprint density at radius 1 is 0.853 bits per heavy atom. The highest BCUT2D eigenvalue weighted by Gasteiger charge is 2.22. The van der Waals surface area contributed by atoms with Crippen molar-refractivity contribution in [3.05, 3.63) is 137 Å². The second-order valence-corrected chi connectivity index (χ2v) is 9.68. The van der Waals surface area contributed by atoms with E-state index < -0.39 is 0 Å². The molecule has 4 aromatic rings. The first-order chi connectivity index (χ1) is 16.7. The van der Waals surface area contributed by atoms with Crippen LogP contribution in [0.5, 0.6) is 0 Å². The summed E-state index contributed by atoms with van der Waals surface area (Å²) >= 11 is 1.87. The van der Waals surface area contributed by atoms with Gasteiger partial charge in [0.05, 0.1) is 5.69 Å². The molecule has 0 aromatic heterocycles. The number of carbonyl (C=O) groups excluding carboxylic acids is 1. The van der Waals surface area contributed by atoms with E-state index in [-0.39, 0.29) is 11.0 Å². The summed E-state index contributed by atoms with van der Waals surface area (Å²) in [7, 11) is 0. The lowest BCUT2D eigenvalue weighted by molar-refractivity contribution is 0.104. The van der Waals surface area contributed by atoms with Crippen molar-refractivity contribution in [1.29, 1.82) is 0 Å². The fourth-order valence-corrected chi connectivity index (χ4v) is 5.25. The van der Waals surface area contributed by atoms with Crippen molar-refractivity contribution in [3.8, 4) is 0 Å². The minimum absolute atomic E-state index is 0.0135. The van der Waals surface area contributed by atoms with E-state index in [1.54, 1.807) is 6.08 Å². The molecule has 0 N–H and O–H groups in total. The summed E-state index contributed by atoms with van der Waals surface area (Å²) in [5, 5.41) is 0.257. The maximum absolute atomic E-state index is 12.4. The molecule has 0 spiro atoms. The van der Waals surface area contributed by atoms with Crippen molar-refractivity contribution in [1.82, 2.24) is 0 Å². The Morgan fingerprint density at radius 2 is 1.56 bits per heavy atom. The zero-order valence-electron chi connectivity index (χ0n) is 19.0. The van der Waals surface area contributed by atoms with E-state index in [1.807, 2.05) is 54.2 Å². The minimum Gasteiger partial charge on any atom is -0.289 e. The van der Waals surface area contributed by atoms with Gasteiger partial charge in [-0.25, -0.2) is 0 Å². The Hall–Kier alpha value is -3.69. The van der Waals surface area contributed by atoms with Gasteiger partial charge in [0.25, 0.3) is 0 Å². The van der Waals surface area contributed by atoms with Gasteiger partial charge in [-0.3, -0.25) is 9.79 Å². The average Bonchev–Trinajstić information content (AvgIpc) is 3.08. The first kappa shape index (κ1) is 22.1. The van der Waals surface area contributed by atoms with Gasteiger partial charge in [-0.15, -0.1) is 11.8 Å². The van der Waals surface area contributed by atoms with Crippen molar-refractivity contribution in [3.63, 3.8) is 0 Å². The van der Waals surface area contributed by atoms with Crippen molar-refractivity contribution in [2.75, 3.05) is 0 Å². The summed E-state index contributed by atoms with van der Waals surface area (Å²) in [6.45, 7) is 2.11. The number of thioether (sulfide) groups is 1. The number of nitrogens with zero attached hydrogens (tertiary/aromatic N) is 1. The molecule has 0 bridgehead atoms. The quantitative estimate of drug-likeness (QED) is 0.222. The van der Waals surface area contributed by atoms with Crippen LogP contribution in [0.15, 0.2) is 119 Å². The van der Waals surface area contributed by atoms with Crippen LogP contribution in [0.4, 0.5) is 5.69 Å². The first-order valence-corrected chi connectivity index (χ1v) is 12.3. The van der Waals surface area contributed by atoms with Crippen molar-refractivity contribution in [2.45, 2.75) is 23.5 Å². The smallest absolute Gasteiger partial charge is 0.185 e. The van der Waals surface area contributed by atoms with Crippen LogP contribution in [-0.4, -0.2) is 11.5 Å². The zero-order valence-corrected chi connectivity index (χ0v) is 19.8. The lowest BCUT2D eigenvalue weighted by Gasteiger charge is -2.16. The molecule has 0 aliphatic carbocycles. The van der Waals surface area contributed by atoms with Crippen molar-refractivity contribution < 1.29 is 4.79 Å². The zero-order chi connectivity index (χ0) is 23.3. The molecular formula is C31H25NOS. The third-order valence-electron chi connectivity index (χ3n) is 5.95. The number of hydrogen-bond donors (Lipinski definition) is 0. The largest absolute Gasteiger partial charge is 0.289 e. The molecule has 3 heteroatoms. The molecule has 1 unspecified atom stereocenters. The van der Waals surface area contributed by atoms with E-state index in [1.165, 1.54) is 21.6 Å². The van der Waals surface area contributed by atoms with Gasteiger partial charge in [-0.05, 0) is 41.8 Å². The van der Waals surface area contributed by atoms with Crippen LogP contribution in [-0.2, 0) is 0 Å². The lowest BCUT2D eigenvalue weighted by atomic mass is 9.99. The van der Waals surface area contributed by atoms with Gasteiger partial charge < -0.3 is 0 Å². The van der Waals surface area contributed by atoms with Crippen LogP contribution in [0.25, 0.3) is 6.08 Å². The van der Waals surface area contributed by atoms with Gasteiger partial charge in [-0.2, -0.15) is 0 Å². The summed E-state index contributed by atoms with van der Waals surface area (Å²) in [5.41, 5.74) is 7.54. The lowest BCUT2D eigenvalue weighted by Crippen LogP contribution is -2.05. The highest BCUT2D eigenvalue weighted by atomic mass is 32.2. The summed E-state index contributed by atoms with van der Waals surface area (Å²) in [5.74, 6) is 0.0135. The number of carbonyl (C=O) groups is 1. The first-order valence-electron chi connectivity index (χ1n) is 11.4. The number of aliphatic imine (C=N–C) groups is 1. The maximum atomic E-state index is 12.4.